The Morgan fingerprint density at radius 3 is 2.74 bits per heavy atom. The summed E-state index contributed by atoms with van der Waals surface area (Å²) in [4.78, 5) is 26.7. The van der Waals surface area contributed by atoms with Gasteiger partial charge in [0.1, 0.15) is 5.75 Å². The van der Waals surface area contributed by atoms with E-state index in [-0.39, 0.29) is 10.8 Å². The van der Waals surface area contributed by atoms with Crippen LogP contribution in [-0.4, -0.2) is 42.5 Å². The number of ether oxygens (including phenoxy) is 1. The first-order valence-corrected chi connectivity index (χ1v) is 8.88. The molecule has 1 fully saturated rings. The lowest BCUT2D eigenvalue weighted by molar-refractivity contribution is -0.534. The number of likely N-dealkylation sites (tertiary alicyclic amines) is 1. The van der Waals surface area contributed by atoms with Gasteiger partial charge in [0.15, 0.2) is 5.54 Å². The number of hydrogen-bond donors (Lipinski definition) is 1. The Balaban J connectivity index is 1.87. The fourth-order valence-electron chi connectivity index (χ4n) is 4.49. The molecule has 0 aliphatic carbocycles. The lowest BCUT2D eigenvalue weighted by Crippen LogP contribution is -2.54. The number of likely N-dealkylation sites (N-methyl/N-ethyl adjacent to an activating group) is 1. The van der Waals surface area contributed by atoms with E-state index in [0.29, 0.717) is 34.1 Å². The summed E-state index contributed by atoms with van der Waals surface area (Å²) in [5.74, 6) is -0.358. The van der Waals surface area contributed by atoms with E-state index >= 15 is 0 Å². The Hall–Kier alpha value is -2.64. The fourth-order valence-corrected chi connectivity index (χ4v) is 4.76. The number of carbonyl (C=O) groups excluding carboxylic acids is 1. The average Bonchev–Trinajstić information content (AvgIpc) is 3.11. The molecule has 2 heterocycles. The van der Waals surface area contributed by atoms with Crippen LogP contribution in [0.2, 0.25) is 5.02 Å². The van der Waals surface area contributed by atoms with Crippen LogP contribution in [0, 0.1) is 10.1 Å². The Labute approximate surface area is 161 Å². The highest BCUT2D eigenvalue weighted by Gasteiger charge is 2.68. The number of rotatable bonds is 3. The van der Waals surface area contributed by atoms with Crippen molar-refractivity contribution >= 4 is 23.2 Å². The molecule has 1 saturated heterocycles. The van der Waals surface area contributed by atoms with E-state index in [4.69, 9.17) is 16.3 Å². The van der Waals surface area contributed by atoms with Crippen LogP contribution in [0.15, 0.2) is 42.5 Å². The van der Waals surface area contributed by atoms with Gasteiger partial charge in [-0.1, -0.05) is 35.9 Å². The normalized spacial score (nSPS) is 26.9. The minimum Gasteiger partial charge on any atom is -0.495 e. The minimum absolute atomic E-state index is 0.339. The van der Waals surface area contributed by atoms with Crippen LogP contribution in [0.5, 0.6) is 5.75 Å². The SMILES string of the molecule is COc1ccc([C@@H]2CN(C)[C@@]3(C(=O)Nc4ccccc43)[C@@H]2[N+](=O)[O-])cc1Cl. The second-order valence-corrected chi connectivity index (χ2v) is 7.28. The molecule has 2 aromatic rings. The van der Waals surface area contributed by atoms with Gasteiger partial charge >= 0.3 is 0 Å². The van der Waals surface area contributed by atoms with Crippen LogP contribution in [0.4, 0.5) is 5.69 Å². The van der Waals surface area contributed by atoms with E-state index in [9.17, 15) is 14.9 Å². The molecule has 2 aliphatic rings. The van der Waals surface area contributed by atoms with Crippen LogP contribution >= 0.6 is 11.6 Å². The van der Waals surface area contributed by atoms with Gasteiger partial charge in [0.05, 0.1) is 18.1 Å². The topological polar surface area (TPSA) is 84.7 Å². The van der Waals surface area contributed by atoms with Gasteiger partial charge in [-0.2, -0.15) is 0 Å². The molecule has 0 unspecified atom stereocenters. The van der Waals surface area contributed by atoms with Crippen molar-refractivity contribution in [1.82, 2.24) is 4.90 Å². The summed E-state index contributed by atoms with van der Waals surface area (Å²) in [6.07, 6.45) is 0. The van der Waals surface area contributed by atoms with Crippen molar-refractivity contribution in [2.45, 2.75) is 17.5 Å². The number of carbonyl (C=O) groups is 1. The van der Waals surface area contributed by atoms with Gasteiger partial charge in [-0.3, -0.25) is 19.8 Å². The summed E-state index contributed by atoms with van der Waals surface area (Å²) < 4.78 is 5.17. The molecular weight excluding hydrogens is 370 g/mol. The molecule has 0 bridgehead atoms. The highest BCUT2D eigenvalue weighted by atomic mass is 35.5. The number of para-hydroxylation sites is 1. The van der Waals surface area contributed by atoms with Gasteiger partial charge in [0.2, 0.25) is 0 Å². The molecule has 1 amide bonds. The highest BCUT2D eigenvalue weighted by molar-refractivity contribution is 6.32. The van der Waals surface area contributed by atoms with E-state index in [0.717, 1.165) is 0 Å². The van der Waals surface area contributed by atoms with Crippen molar-refractivity contribution in [1.29, 1.82) is 0 Å². The van der Waals surface area contributed by atoms with E-state index in [1.165, 1.54) is 7.11 Å². The summed E-state index contributed by atoms with van der Waals surface area (Å²) in [5.41, 5.74) is 0.622. The minimum atomic E-state index is -1.35. The molecule has 2 aliphatic heterocycles. The molecule has 3 atom stereocenters. The van der Waals surface area contributed by atoms with Crippen LogP contribution in [-0.2, 0) is 10.3 Å². The molecule has 0 radical (unpaired) electrons. The fraction of sp³-hybridized carbons (Fsp3) is 0.316. The third kappa shape index (κ3) is 2.35. The lowest BCUT2D eigenvalue weighted by Gasteiger charge is -2.30. The molecule has 8 heteroatoms. The second-order valence-electron chi connectivity index (χ2n) is 6.88. The van der Waals surface area contributed by atoms with Crippen molar-refractivity contribution in [3.05, 3.63) is 68.7 Å². The van der Waals surface area contributed by atoms with Gasteiger partial charge in [0, 0.05) is 22.7 Å². The Bertz CT molecular complexity index is 950. The van der Waals surface area contributed by atoms with Crippen molar-refractivity contribution in [3.8, 4) is 5.75 Å². The van der Waals surface area contributed by atoms with Crippen LogP contribution in [0.25, 0.3) is 0 Å². The molecule has 1 N–H and O–H groups in total. The van der Waals surface area contributed by atoms with E-state index in [2.05, 4.69) is 5.32 Å². The standard InChI is InChI=1S/C19H18ClN3O4/c1-22-10-12(11-7-8-16(27-2)14(20)9-11)17(23(25)26)19(22)13-5-3-4-6-15(13)21-18(19)24/h3-9,12,17H,10H2,1-2H3,(H,21,24)/t12-,17+,19+/m0/s1. The first-order valence-electron chi connectivity index (χ1n) is 8.50. The molecule has 7 nitrogen and oxygen atoms in total. The zero-order valence-electron chi connectivity index (χ0n) is 14.8. The summed E-state index contributed by atoms with van der Waals surface area (Å²) in [7, 11) is 3.27. The Morgan fingerprint density at radius 1 is 1.33 bits per heavy atom. The van der Waals surface area contributed by atoms with Gasteiger partial charge in [-0.05, 0) is 30.8 Å². The lowest BCUT2D eigenvalue weighted by atomic mass is 9.79. The third-order valence-electron chi connectivity index (χ3n) is 5.65. The summed E-state index contributed by atoms with van der Waals surface area (Å²) >= 11 is 6.24. The highest BCUT2D eigenvalue weighted by Crippen LogP contribution is 2.52. The van der Waals surface area contributed by atoms with Gasteiger partial charge in [0.25, 0.3) is 11.9 Å². The van der Waals surface area contributed by atoms with E-state index < -0.39 is 17.5 Å². The van der Waals surface area contributed by atoms with Crippen LogP contribution in [0.3, 0.4) is 0 Å². The van der Waals surface area contributed by atoms with Crippen molar-refractivity contribution < 1.29 is 14.5 Å². The molecule has 140 valence electrons. The van der Waals surface area contributed by atoms with E-state index in [1.54, 1.807) is 54.4 Å². The maximum Gasteiger partial charge on any atom is 0.256 e. The average molecular weight is 388 g/mol. The monoisotopic (exact) mass is 387 g/mol. The van der Waals surface area contributed by atoms with Crippen LogP contribution in [0.1, 0.15) is 17.0 Å². The number of hydrogen-bond acceptors (Lipinski definition) is 5. The van der Waals surface area contributed by atoms with Gasteiger partial charge < -0.3 is 10.1 Å². The smallest absolute Gasteiger partial charge is 0.256 e. The number of anilines is 1. The molecule has 27 heavy (non-hydrogen) atoms. The van der Waals surface area contributed by atoms with Crippen molar-refractivity contribution in [3.63, 3.8) is 0 Å². The molecular formula is C19H18ClN3O4. The van der Waals surface area contributed by atoms with Gasteiger partial charge in [-0.25, -0.2) is 0 Å². The van der Waals surface area contributed by atoms with Gasteiger partial charge in [-0.15, -0.1) is 0 Å². The van der Waals surface area contributed by atoms with Crippen molar-refractivity contribution in [2.75, 3.05) is 26.0 Å². The summed E-state index contributed by atoms with van der Waals surface area (Å²) in [5, 5.41) is 15.4. The molecule has 2 aromatic carbocycles. The second kappa shape index (κ2) is 6.21. The first-order chi connectivity index (χ1) is 12.9. The van der Waals surface area contributed by atoms with E-state index in [1.807, 2.05) is 0 Å². The van der Waals surface area contributed by atoms with Crippen LogP contribution < -0.4 is 10.1 Å². The summed E-state index contributed by atoms with van der Waals surface area (Å²) in [6.45, 7) is 0.357. The predicted molar refractivity (Wildman–Crippen MR) is 101 cm³/mol. The third-order valence-corrected chi connectivity index (χ3v) is 5.94. The zero-order valence-corrected chi connectivity index (χ0v) is 15.6. The summed E-state index contributed by atoms with van der Waals surface area (Å²) in [6, 6.07) is 11.2. The largest absolute Gasteiger partial charge is 0.495 e. The van der Waals surface area contributed by atoms with Crippen molar-refractivity contribution in [2.24, 2.45) is 0 Å². The first kappa shape index (κ1) is 17.8. The molecule has 1 spiro atoms. The Morgan fingerprint density at radius 2 is 2.07 bits per heavy atom. The predicted octanol–water partition coefficient (Wildman–Crippen LogP) is 2.87. The maximum atomic E-state index is 13.0. The Kier molecular flexibility index (Phi) is 4.09. The molecule has 0 aromatic heterocycles. The number of amides is 1. The maximum absolute atomic E-state index is 13.0. The number of nitrogens with zero attached hydrogens (tertiary/aromatic N) is 2. The molecule has 0 saturated carbocycles. The zero-order chi connectivity index (χ0) is 19.3. The number of fused-ring (bicyclic) bond motifs is 2. The number of benzene rings is 2. The molecule has 4 rings (SSSR count). The number of nitrogens with one attached hydrogen (secondary N) is 1. The number of halogens is 1. The number of methoxy groups -OCH3 is 1. The quantitative estimate of drug-likeness (QED) is 0.646. The number of nitro groups is 1.